The van der Waals surface area contributed by atoms with Gasteiger partial charge in [-0.05, 0) is 19.3 Å². The molecule has 0 radical (unpaired) electrons. The highest BCUT2D eigenvalue weighted by atomic mass is 16.3. The smallest absolute Gasteiger partial charge is 0.0964 e. The van der Waals surface area contributed by atoms with E-state index < -0.39 is 0 Å². The second-order valence-electron chi connectivity index (χ2n) is 4.41. The van der Waals surface area contributed by atoms with E-state index in [1.54, 1.807) is 4.68 Å². The average molecular weight is 224 g/mol. The minimum Gasteiger partial charge on any atom is -0.396 e. The van der Waals surface area contributed by atoms with Crippen molar-refractivity contribution in [2.24, 2.45) is 0 Å². The molecule has 2 rings (SSSR count). The second-order valence-corrected chi connectivity index (χ2v) is 4.41. The van der Waals surface area contributed by atoms with Crippen molar-refractivity contribution < 1.29 is 5.11 Å². The predicted octanol–water partition coefficient (Wildman–Crippen LogP) is 0.693. The molecule has 0 bridgehead atoms. The highest BCUT2D eigenvalue weighted by Gasteiger charge is 2.14. The lowest BCUT2D eigenvalue weighted by atomic mass is 10.2. The van der Waals surface area contributed by atoms with Crippen molar-refractivity contribution in [3.63, 3.8) is 0 Å². The first kappa shape index (κ1) is 11.5. The molecule has 0 atom stereocenters. The first-order valence-electron chi connectivity index (χ1n) is 6.12. The summed E-state index contributed by atoms with van der Waals surface area (Å²) in [6.07, 6.45) is 7.97. The summed E-state index contributed by atoms with van der Waals surface area (Å²) < 4.78 is 1.79. The fourth-order valence-electron chi connectivity index (χ4n) is 2.14. The Balaban J connectivity index is 1.73. The van der Waals surface area contributed by atoms with E-state index in [2.05, 4.69) is 15.6 Å². The Kier molecular flexibility index (Phi) is 4.30. The topological polar surface area (TPSA) is 63.0 Å². The fourth-order valence-corrected chi connectivity index (χ4v) is 2.14. The maximum atomic E-state index is 8.71. The van der Waals surface area contributed by atoms with Gasteiger partial charge in [0.05, 0.1) is 5.69 Å². The maximum Gasteiger partial charge on any atom is 0.0964 e. The van der Waals surface area contributed by atoms with Crippen LogP contribution in [-0.2, 0) is 13.1 Å². The lowest BCUT2D eigenvalue weighted by Crippen LogP contribution is -2.25. The van der Waals surface area contributed by atoms with Gasteiger partial charge in [0, 0.05) is 31.9 Å². The summed E-state index contributed by atoms with van der Waals surface area (Å²) in [5.41, 5.74) is 0.991. The molecule has 1 fully saturated rings. The molecule has 0 saturated heterocycles. The average Bonchev–Trinajstić information content (AvgIpc) is 2.95. The largest absolute Gasteiger partial charge is 0.396 e. The van der Waals surface area contributed by atoms with Crippen LogP contribution in [0.15, 0.2) is 6.20 Å². The minimum absolute atomic E-state index is 0.204. The van der Waals surface area contributed by atoms with E-state index in [0.717, 1.165) is 25.2 Å². The maximum absolute atomic E-state index is 8.71. The van der Waals surface area contributed by atoms with Gasteiger partial charge in [0.25, 0.3) is 0 Å². The van der Waals surface area contributed by atoms with Gasteiger partial charge in [0.15, 0.2) is 0 Å². The van der Waals surface area contributed by atoms with Crippen molar-refractivity contribution in [2.75, 3.05) is 6.61 Å². The third-order valence-corrected chi connectivity index (χ3v) is 3.06. The van der Waals surface area contributed by atoms with Crippen LogP contribution in [0.4, 0.5) is 0 Å². The summed E-state index contributed by atoms with van der Waals surface area (Å²) in [5, 5.41) is 20.3. The highest BCUT2D eigenvalue weighted by Crippen LogP contribution is 2.17. The van der Waals surface area contributed by atoms with Gasteiger partial charge in [-0.1, -0.05) is 18.1 Å². The van der Waals surface area contributed by atoms with E-state index in [1.165, 1.54) is 25.7 Å². The zero-order valence-corrected chi connectivity index (χ0v) is 9.60. The molecular weight excluding hydrogens is 204 g/mol. The van der Waals surface area contributed by atoms with E-state index >= 15 is 0 Å². The molecule has 1 aliphatic rings. The molecule has 1 heterocycles. The summed E-state index contributed by atoms with van der Waals surface area (Å²) in [6.45, 7) is 1.76. The summed E-state index contributed by atoms with van der Waals surface area (Å²) in [6, 6.07) is 0.669. The Bertz CT molecular complexity index is 307. The predicted molar refractivity (Wildman–Crippen MR) is 60.8 cm³/mol. The zero-order chi connectivity index (χ0) is 11.2. The Morgan fingerprint density at radius 3 is 3.00 bits per heavy atom. The number of aryl methyl sites for hydroxylation is 1. The molecule has 5 nitrogen and oxygen atoms in total. The number of aliphatic hydroxyl groups is 1. The molecular formula is C11H20N4O. The summed E-state index contributed by atoms with van der Waals surface area (Å²) in [5.74, 6) is 0. The van der Waals surface area contributed by atoms with Crippen molar-refractivity contribution in [3.8, 4) is 0 Å². The fraction of sp³-hybridized carbons (Fsp3) is 0.818. The van der Waals surface area contributed by atoms with Crippen LogP contribution in [0, 0.1) is 0 Å². The molecule has 1 aromatic rings. The molecule has 0 aromatic carbocycles. The van der Waals surface area contributed by atoms with Crippen molar-refractivity contribution in [3.05, 3.63) is 11.9 Å². The van der Waals surface area contributed by atoms with Crippen molar-refractivity contribution in [1.82, 2.24) is 20.3 Å². The van der Waals surface area contributed by atoms with Crippen LogP contribution in [-0.4, -0.2) is 32.7 Å². The van der Waals surface area contributed by atoms with Gasteiger partial charge in [0.2, 0.25) is 0 Å². The van der Waals surface area contributed by atoms with Crippen LogP contribution in [0.25, 0.3) is 0 Å². The van der Waals surface area contributed by atoms with E-state index in [9.17, 15) is 0 Å². The first-order chi connectivity index (χ1) is 7.88. The monoisotopic (exact) mass is 224 g/mol. The van der Waals surface area contributed by atoms with Crippen LogP contribution in [0.3, 0.4) is 0 Å². The van der Waals surface area contributed by atoms with Crippen LogP contribution < -0.4 is 5.32 Å². The number of aliphatic hydroxyl groups excluding tert-OH is 1. The second kappa shape index (κ2) is 5.96. The molecule has 1 aromatic heterocycles. The molecule has 16 heavy (non-hydrogen) atoms. The third kappa shape index (κ3) is 3.28. The standard InChI is InChI=1S/C11H20N4O/c16-7-3-6-15-9-11(13-14-15)8-12-10-4-1-2-5-10/h9-10,12,16H,1-8H2. The molecule has 1 aliphatic carbocycles. The van der Waals surface area contributed by atoms with E-state index in [1.807, 2.05) is 6.20 Å². The molecule has 5 heteroatoms. The number of nitrogens with one attached hydrogen (secondary N) is 1. The molecule has 90 valence electrons. The Hall–Kier alpha value is -0.940. The number of hydrogen-bond acceptors (Lipinski definition) is 4. The zero-order valence-electron chi connectivity index (χ0n) is 9.60. The molecule has 0 amide bonds. The van der Waals surface area contributed by atoms with Gasteiger partial charge in [-0.2, -0.15) is 0 Å². The summed E-state index contributed by atoms with van der Waals surface area (Å²) in [7, 11) is 0. The number of aromatic nitrogens is 3. The highest BCUT2D eigenvalue weighted by molar-refractivity contribution is 4.92. The summed E-state index contributed by atoms with van der Waals surface area (Å²) >= 11 is 0. The van der Waals surface area contributed by atoms with Gasteiger partial charge in [-0.15, -0.1) is 5.10 Å². The Labute approximate surface area is 95.8 Å². The normalized spacial score (nSPS) is 17.1. The van der Waals surface area contributed by atoms with Gasteiger partial charge in [0.1, 0.15) is 0 Å². The van der Waals surface area contributed by atoms with Crippen molar-refractivity contribution >= 4 is 0 Å². The van der Waals surface area contributed by atoms with Gasteiger partial charge in [-0.3, -0.25) is 4.68 Å². The Morgan fingerprint density at radius 1 is 1.44 bits per heavy atom. The molecule has 0 spiro atoms. The van der Waals surface area contributed by atoms with Crippen LogP contribution in [0.5, 0.6) is 0 Å². The Morgan fingerprint density at radius 2 is 2.25 bits per heavy atom. The minimum atomic E-state index is 0.204. The third-order valence-electron chi connectivity index (χ3n) is 3.06. The van der Waals surface area contributed by atoms with E-state index in [4.69, 9.17) is 5.11 Å². The summed E-state index contributed by atoms with van der Waals surface area (Å²) in [4.78, 5) is 0. The lowest BCUT2D eigenvalue weighted by Gasteiger charge is -2.09. The lowest BCUT2D eigenvalue weighted by molar-refractivity contribution is 0.276. The molecule has 0 unspecified atom stereocenters. The van der Waals surface area contributed by atoms with Crippen LogP contribution >= 0.6 is 0 Å². The molecule has 2 N–H and O–H groups in total. The quantitative estimate of drug-likeness (QED) is 0.746. The molecule has 1 saturated carbocycles. The van der Waals surface area contributed by atoms with Gasteiger partial charge >= 0.3 is 0 Å². The number of hydrogen-bond donors (Lipinski definition) is 2. The van der Waals surface area contributed by atoms with Gasteiger partial charge < -0.3 is 10.4 Å². The van der Waals surface area contributed by atoms with Gasteiger partial charge in [-0.25, -0.2) is 0 Å². The SMILES string of the molecule is OCCCn1cc(CNC2CCCC2)nn1. The van der Waals surface area contributed by atoms with Crippen molar-refractivity contribution in [1.29, 1.82) is 0 Å². The first-order valence-corrected chi connectivity index (χ1v) is 6.12. The van der Waals surface area contributed by atoms with E-state index in [-0.39, 0.29) is 6.61 Å². The van der Waals surface area contributed by atoms with Crippen LogP contribution in [0.2, 0.25) is 0 Å². The number of rotatable bonds is 6. The molecule has 0 aliphatic heterocycles. The van der Waals surface area contributed by atoms with Crippen molar-refractivity contribution in [2.45, 2.75) is 51.2 Å². The van der Waals surface area contributed by atoms with E-state index in [0.29, 0.717) is 6.04 Å². The van der Waals surface area contributed by atoms with Crippen LogP contribution in [0.1, 0.15) is 37.8 Å². The number of nitrogens with zero attached hydrogens (tertiary/aromatic N) is 3.